The van der Waals surface area contributed by atoms with Gasteiger partial charge < -0.3 is 9.64 Å². The number of nitrogens with one attached hydrogen (secondary N) is 1. The highest BCUT2D eigenvalue weighted by Gasteiger charge is 2.25. The zero-order chi connectivity index (χ0) is 19.5. The number of quaternary nitrogens is 1. The number of rotatable bonds is 5. The Morgan fingerprint density at radius 1 is 1.18 bits per heavy atom. The Bertz CT molecular complexity index is 946. The fraction of sp³-hybridized carbons (Fsp3) is 0.364. The smallest absolute Gasteiger partial charge is 0.260 e. The molecule has 1 saturated heterocycles. The molecular weight excluding hydrogens is 370 g/mol. The molecule has 0 atom stereocenters. The van der Waals surface area contributed by atoms with Gasteiger partial charge in [0.25, 0.3) is 5.91 Å². The van der Waals surface area contributed by atoms with Crippen LogP contribution in [0.5, 0.6) is 0 Å². The van der Waals surface area contributed by atoms with Gasteiger partial charge in [-0.05, 0) is 37.6 Å². The van der Waals surface area contributed by atoms with Crippen LogP contribution in [0.25, 0.3) is 10.2 Å². The molecule has 3 aromatic rings. The Morgan fingerprint density at radius 2 is 1.96 bits per heavy atom. The second kappa shape index (κ2) is 8.39. The summed E-state index contributed by atoms with van der Waals surface area (Å²) in [6.07, 6.45) is 0. The maximum Gasteiger partial charge on any atom is 0.260 e. The van der Waals surface area contributed by atoms with E-state index in [0.29, 0.717) is 6.54 Å². The molecule has 0 radical (unpaired) electrons. The number of benzene rings is 2. The highest BCUT2D eigenvalue weighted by molar-refractivity contribution is 7.22. The van der Waals surface area contributed by atoms with Gasteiger partial charge in [0.1, 0.15) is 13.1 Å². The van der Waals surface area contributed by atoms with E-state index >= 15 is 0 Å². The second-order valence-corrected chi connectivity index (χ2v) is 8.36. The molecule has 28 heavy (non-hydrogen) atoms. The van der Waals surface area contributed by atoms with Crippen LogP contribution in [-0.2, 0) is 4.74 Å². The molecule has 0 bridgehead atoms. The lowest BCUT2D eigenvalue weighted by Crippen LogP contribution is -3.14. The fourth-order valence-electron chi connectivity index (χ4n) is 3.64. The average Bonchev–Trinajstić information content (AvgIpc) is 3.12. The van der Waals surface area contributed by atoms with Gasteiger partial charge in [-0.15, -0.1) is 0 Å². The number of carbonyl (C=O) groups is 1. The van der Waals surface area contributed by atoms with E-state index in [1.807, 2.05) is 49.1 Å². The minimum Gasteiger partial charge on any atom is -0.370 e. The third-order valence-corrected chi connectivity index (χ3v) is 6.32. The first kappa shape index (κ1) is 19.1. The Labute approximate surface area is 169 Å². The van der Waals surface area contributed by atoms with E-state index in [4.69, 9.17) is 9.72 Å². The molecule has 2 aromatic carbocycles. The molecular formula is C22H26N3O2S+. The van der Waals surface area contributed by atoms with Crippen molar-refractivity contribution in [1.29, 1.82) is 0 Å². The summed E-state index contributed by atoms with van der Waals surface area (Å²) < 4.78 is 6.57. The summed E-state index contributed by atoms with van der Waals surface area (Å²) in [6, 6.07) is 14.1. The first-order chi connectivity index (χ1) is 13.6. The molecule has 5 nitrogen and oxygen atoms in total. The van der Waals surface area contributed by atoms with Crippen LogP contribution < -0.4 is 9.80 Å². The minimum atomic E-state index is 0.0317. The van der Waals surface area contributed by atoms with Crippen molar-refractivity contribution in [2.75, 3.05) is 44.3 Å². The topological polar surface area (TPSA) is 46.9 Å². The molecule has 1 aliphatic heterocycles. The number of amides is 1. The Morgan fingerprint density at radius 3 is 2.71 bits per heavy atom. The number of hydrogen-bond acceptors (Lipinski definition) is 4. The molecule has 1 aliphatic rings. The van der Waals surface area contributed by atoms with Crippen molar-refractivity contribution < 1.29 is 14.4 Å². The van der Waals surface area contributed by atoms with Crippen LogP contribution in [0.4, 0.5) is 5.13 Å². The first-order valence-electron chi connectivity index (χ1n) is 9.78. The van der Waals surface area contributed by atoms with E-state index in [-0.39, 0.29) is 5.91 Å². The van der Waals surface area contributed by atoms with Crippen LogP contribution in [0.15, 0.2) is 42.5 Å². The van der Waals surface area contributed by atoms with Gasteiger partial charge in [-0.2, -0.15) is 0 Å². The van der Waals surface area contributed by atoms with Crippen LogP contribution in [0, 0.1) is 13.8 Å². The molecule has 0 spiro atoms. The molecule has 4 rings (SSSR count). The van der Waals surface area contributed by atoms with E-state index in [9.17, 15) is 4.79 Å². The van der Waals surface area contributed by atoms with Crippen LogP contribution in [0.1, 0.15) is 21.5 Å². The number of morpholine rings is 1. The second-order valence-electron chi connectivity index (χ2n) is 7.35. The number of aryl methyl sites for hydroxylation is 2. The molecule has 1 amide bonds. The third kappa shape index (κ3) is 4.09. The zero-order valence-electron chi connectivity index (χ0n) is 16.4. The SMILES string of the molecule is Cc1ccc(C(=O)N(CC[NH+]2CCOCC2)c2nc3ccccc3s2)c(C)c1. The molecule has 0 unspecified atom stereocenters. The number of thiazole rings is 1. The number of anilines is 1. The van der Waals surface area contributed by atoms with Crippen molar-refractivity contribution in [3.05, 3.63) is 59.2 Å². The third-order valence-electron chi connectivity index (χ3n) is 5.26. The Hall–Kier alpha value is -2.28. The standard InChI is InChI=1S/C22H25N3O2S/c1-16-7-8-18(17(2)15-16)21(26)25(10-9-24-11-13-27-14-12-24)22-23-19-5-3-4-6-20(19)28-22/h3-8,15H,9-14H2,1-2H3/p+1. The van der Waals surface area contributed by atoms with Gasteiger partial charge in [-0.25, -0.2) is 4.98 Å². The molecule has 1 aromatic heterocycles. The van der Waals surface area contributed by atoms with Gasteiger partial charge >= 0.3 is 0 Å². The highest BCUT2D eigenvalue weighted by Crippen LogP contribution is 2.29. The number of aromatic nitrogens is 1. The summed E-state index contributed by atoms with van der Waals surface area (Å²) in [5.41, 5.74) is 3.87. The van der Waals surface area contributed by atoms with Crippen molar-refractivity contribution in [2.45, 2.75) is 13.8 Å². The summed E-state index contributed by atoms with van der Waals surface area (Å²) in [5.74, 6) is 0.0317. The normalized spacial score (nSPS) is 15.1. The number of para-hydroxylation sites is 1. The maximum atomic E-state index is 13.5. The van der Waals surface area contributed by atoms with Gasteiger partial charge in [0.05, 0.1) is 36.5 Å². The molecule has 0 aliphatic carbocycles. The van der Waals surface area contributed by atoms with Gasteiger partial charge in [0, 0.05) is 5.56 Å². The van der Waals surface area contributed by atoms with E-state index < -0.39 is 0 Å². The van der Waals surface area contributed by atoms with E-state index in [1.165, 1.54) is 10.5 Å². The molecule has 1 fully saturated rings. The predicted molar refractivity (Wildman–Crippen MR) is 114 cm³/mol. The van der Waals surface area contributed by atoms with Crippen molar-refractivity contribution in [3.8, 4) is 0 Å². The molecule has 6 heteroatoms. The van der Waals surface area contributed by atoms with Gasteiger partial charge in [0.2, 0.25) is 0 Å². The van der Waals surface area contributed by atoms with Crippen LogP contribution in [0.3, 0.4) is 0 Å². The average molecular weight is 397 g/mol. The molecule has 1 N–H and O–H groups in total. The van der Waals surface area contributed by atoms with E-state index in [0.717, 1.165) is 59.3 Å². The lowest BCUT2D eigenvalue weighted by atomic mass is 10.0. The van der Waals surface area contributed by atoms with Crippen LogP contribution in [-0.4, -0.2) is 50.3 Å². The van der Waals surface area contributed by atoms with E-state index in [1.54, 1.807) is 11.3 Å². The van der Waals surface area contributed by atoms with Crippen LogP contribution >= 0.6 is 11.3 Å². The van der Waals surface area contributed by atoms with Crippen LogP contribution in [0.2, 0.25) is 0 Å². The first-order valence-corrected chi connectivity index (χ1v) is 10.6. The predicted octanol–water partition coefficient (Wildman–Crippen LogP) is 2.48. The molecule has 2 heterocycles. The van der Waals surface area contributed by atoms with Crippen molar-refractivity contribution in [1.82, 2.24) is 4.98 Å². The number of nitrogens with zero attached hydrogens (tertiary/aromatic N) is 2. The van der Waals surface area contributed by atoms with Gasteiger partial charge in [0.15, 0.2) is 5.13 Å². The number of carbonyl (C=O) groups excluding carboxylic acids is 1. The molecule has 146 valence electrons. The quantitative estimate of drug-likeness (QED) is 0.721. The summed E-state index contributed by atoms with van der Waals surface area (Å²) >= 11 is 1.58. The lowest BCUT2D eigenvalue weighted by Gasteiger charge is -2.27. The number of hydrogen-bond donors (Lipinski definition) is 1. The minimum absolute atomic E-state index is 0.0317. The number of fused-ring (bicyclic) bond motifs is 1. The largest absolute Gasteiger partial charge is 0.370 e. The van der Waals surface area contributed by atoms with Gasteiger partial charge in [-0.3, -0.25) is 9.69 Å². The van der Waals surface area contributed by atoms with Gasteiger partial charge in [-0.1, -0.05) is 41.2 Å². The monoisotopic (exact) mass is 396 g/mol. The van der Waals surface area contributed by atoms with Crippen molar-refractivity contribution in [3.63, 3.8) is 0 Å². The highest BCUT2D eigenvalue weighted by atomic mass is 32.1. The van der Waals surface area contributed by atoms with E-state index in [2.05, 4.69) is 12.1 Å². The Kier molecular flexibility index (Phi) is 5.71. The summed E-state index contributed by atoms with van der Waals surface area (Å²) in [4.78, 5) is 21.6. The molecule has 0 saturated carbocycles. The lowest BCUT2D eigenvalue weighted by molar-refractivity contribution is -0.906. The summed E-state index contributed by atoms with van der Waals surface area (Å²) in [6.45, 7) is 9.18. The maximum absolute atomic E-state index is 13.5. The van der Waals surface area contributed by atoms with Crippen molar-refractivity contribution in [2.24, 2.45) is 0 Å². The zero-order valence-corrected chi connectivity index (χ0v) is 17.2. The number of ether oxygens (including phenoxy) is 1. The fourth-order valence-corrected chi connectivity index (χ4v) is 4.63. The summed E-state index contributed by atoms with van der Waals surface area (Å²) in [7, 11) is 0. The Balaban J connectivity index is 1.64. The summed E-state index contributed by atoms with van der Waals surface area (Å²) in [5, 5.41) is 0.777. The van der Waals surface area contributed by atoms with Crippen molar-refractivity contribution >= 4 is 32.6 Å².